The Morgan fingerprint density at radius 1 is 1.24 bits per heavy atom. The number of nitro benzene ring substituents is 1. The Morgan fingerprint density at radius 3 is 2.47 bits per heavy atom. The van der Waals surface area contributed by atoms with Crippen molar-refractivity contribution in [1.82, 2.24) is 4.90 Å². The fourth-order valence-electron chi connectivity index (χ4n) is 4.29. The quantitative estimate of drug-likeness (QED) is 0.434. The number of amides is 1. The lowest BCUT2D eigenvalue weighted by Crippen LogP contribution is -2.50. The van der Waals surface area contributed by atoms with E-state index in [-0.39, 0.29) is 42.3 Å². The van der Waals surface area contributed by atoms with Gasteiger partial charge in [-0.3, -0.25) is 14.9 Å². The zero-order chi connectivity index (χ0) is 25.0. The minimum atomic E-state index is -0.713. The van der Waals surface area contributed by atoms with E-state index >= 15 is 0 Å². The number of aliphatic hydroxyl groups excluding tert-OH is 1. The molecule has 3 atom stereocenters. The first-order valence-corrected chi connectivity index (χ1v) is 11.8. The number of carbonyl (C=O) groups excluding carboxylic acids is 1. The lowest BCUT2D eigenvalue weighted by molar-refractivity contribution is -0.384. The minimum Gasteiger partial charge on any atom is -0.488 e. The highest BCUT2D eigenvalue weighted by atomic mass is 16.6. The van der Waals surface area contributed by atoms with Gasteiger partial charge in [-0.05, 0) is 44.4 Å². The number of aliphatic hydroxyl groups is 1. The number of para-hydroxylation sites is 1. The van der Waals surface area contributed by atoms with Crippen LogP contribution in [0.1, 0.15) is 52.2 Å². The van der Waals surface area contributed by atoms with Crippen molar-refractivity contribution in [2.24, 2.45) is 5.92 Å². The summed E-state index contributed by atoms with van der Waals surface area (Å²) in [5, 5.41) is 25.0. The summed E-state index contributed by atoms with van der Waals surface area (Å²) in [5.41, 5.74) is 1.55. The molecule has 0 unspecified atom stereocenters. The minimum absolute atomic E-state index is 0.0600. The van der Waals surface area contributed by atoms with Crippen LogP contribution in [0.3, 0.4) is 0 Å². The third kappa shape index (κ3) is 5.86. The molecule has 1 aliphatic rings. The molecule has 1 aliphatic heterocycles. The first-order valence-electron chi connectivity index (χ1n) is 11.8. The van der Waals surface area contributed by atoms with Crippen LogP contribution in [0.15, 0.2) is 42.5 Å². The first kappa shape index (κ1) is 25.5. The molecular weight excluding hydrogens is 434 g/mol. The normalized spacial score (nSPS) is 17.9. The molecule has 2 aromatic rings. The summed E-state index contributed by atoms with van der Waals surface area (Å²) >= 11 is 0. The predicted octanol–water partition coefficient (Wildman–Crippen LogP) is 4.54. The van der Waals surface area contributed by atoms with Crippen LogP contribution in [0.2, 0.25) is 0 Å². The van der Waals surface area contributed by atoms with E-state index in [1.807, 2.05) is 58.9 Å². The van der Waals surface area contributed by atoms with Gasteiger partial charge in [-0.2, -0.15) is 0 Å². The zero-order valence-corrected chi connectivity index (χ0v) is 20.6. The fourth-order valence-corrected chi connectivity index (χ4v) is 4.29. The van der Waals surface area contributed by atoms with Crippen molar-refractivity contribution in [1.29, 1.82) is 0 Å². The molecule has 184 valence electrons. The van der Waals surface area contributed by atoms with Gasteiger partial charge >= 0.3 is 0 Å². The number of anilines is 1. The molecule has 8 nitrogen and oxygen atoms in total. The highest BCUT2D eigenvalue weighted by molar-refractivity contribution is 5.88. The molecule has 0 radical (unpaired) electrons. The summed E-state index contributed by atoms with van der Waals surface area (Å²) in [6, 6.07) is 11.3. The molecule has 0 saturated carbocycles. The topological polar surface area (TPSA) is 105 Å². The summed E-state index contributed by atoms with van der Waals surface area (Å²) in [5.74, 6) is 0.625. The van der Waals surface area contributed by atoms with Crippen LogP contribution in [0.25, 0.3) is 0 Å². The van der Waals surface area contributed by atoms with E-state index in [4.69, 9.17) is 4.74 Å². The number of hydrogen-bond acceptors (Lipinski definition) is 6. The Labute approximate surface area is 201 Å². The summed E-state index contributed by atoms with van der Waals surface area (Å²) in [7, 11) is 0. The number of nitrogens with zero attached hydrogens (tertiary/aromatic N) is 2. The van der Waals surface area contributed by atoms with E-state index in [1.165, 1.54) is 6.07 Å². The van der Waals surface area contributed by atoms with Gasteiger partial charge in [-0.25, -0.2) is 0 Å². The molecule has 1 amide bonds. The summed E-state index contributed by atoms with van der Waals surface area (Å²) in [6.07, 6.45) is 1.14. The van der Waals surface area contributed by atoms with Crippen LogP contribution >= 0.6 is 0 Å². The van der Waals surface area contributed by atoms with Crippen molar-refractivity contribution < 1.29 is 19.6 Å². The van der Waals surface area contributed by atoms with Gasteiger partial charge in [0.2, 0.25) is 5.91 Å². The molecule has 0 bridgehead atoms. The molecule has 3 rings (SSSR count). The van der Waals surface area contributed by atoms with Gasteiger partial charge in [-0.15, -0.1) is 0 Å². The number of rotatable bonds is 8. The van der Waals surface area contributed by atoms with Gasteiger partial charge in [-0.1, -0.05) is 44.5 Å². The molecular formula is C26H35N3O5. The maximum atomic E-state index is 13.7. The third-order valence-electron chi connectivity index (χ3n) is 6.24. The average molecular weight is 470 g/mol. The molecule has 0 fully saturated rings. The molecule has 2 N–H and O–H groups in total. The van der Waals surface area contributed by atoms with E-state index < -0.39 is 11.0 Å². The molecule has 0 aliphatic carbocycles. The molecule has 0 aromatic heterocycles. The Kier molecular flexibility index (Phi) is 7.82. The van der Waals surface area contributed by atoms with Crippen molar-refractivity contribution >= 4 is 17.3 Å². The van der Waals surface area contributed by atoms with Crippen molar-refractivity contribution in [2.45, 2.75) is 71.7 Å². The summed E-state index contributed by atoms with van der Waals surface area (Å²) in [4.78, 5) is 26.7. The average Bonchev–Trinajstić information content (AvgIpc) is 2.91. The van der Waals surface area contributed by atoms with Gasteiger partial charge in [0, 0.05) is 24.6 Å². The highest BCUT2D eigenvalue weighted by Gasteiger charge is 2.37. The lowest BCUT2D eigenvalue weighted by Gasteiger charge is -2.35. The predicted molar refractivity (Wildman–Crippen MR) is 132 cm³/mol. The molecule has 0 spiro atoms. The number of carbonyl (C=O) groups is 1. The number of nitro groups is 1. The lowest BCUT2D eigenvalue weighted by atomic mass is 9.96. The number of nitrogens with one attached hydrogen (secondary N) is 1. The van der Waals surface area contributed by atoms with Gasteiger partial charge in [0.15, 0.2) is 0 Å². The monoisotopic (exact) mass is 469 g/mol. The van der Waals surface area contributed by atoms with E-state index in [9.17, 15) is 20.0 Å². The van der Waals surface area contributed by atoms with Crippen molar-refractivity contribution in [3.8, 4) is 5.75 Å². The second-order valence-corrected chi connectivity index (χ2v) is 9.93. The van der Waals surface area contributed by atoms with Crippen molar-refractivity contribution in [3.05, 3.63) is 63.7 Å². The number of benzene rings is 2. The van der Waals surface area contributed by atoms with Crippen LogP contribution in [-0.4, -0.2) is 45.1 Å². The van der Waals surface area contributed by atoms with Crippen LogP contribution in [-0.2, 0) is 17.8 Å². The molecule has 2 aromatic carbocycles. The first-order chi connectivity index (χ1) is 16.0. The van der Waals surface area contributed by atoms with E-state index in [2.05, 4.69) is 5.32 Å². The van der Waals surface area contributed by atoms with E-state index in [0.717, 1.165) is 17.7 Å². The standard InChI is InChI=1S/C26H35N3O5/c1-6-17(2)23(16-30)28-15-19-8-7-9-22(29(32)33)24(19)27-21(25(28)31)14-18-10-12-20(13-11-18)34-26(3,4)5/h7-13,17,21,23,27,30H,6,14-16H2,1-5H3/t17-,21-,23+/m0/s1. The Hall–Kier alpha value is -3.13. The van der Waals surface area contributed by atoms with Crippen molar-refractivity contribution in [2.75, 3.05) is 11.9 Å². The number of hydrogen-bond donors (Lipinski definition) is 2. The SMILES string of the molecule is CC[C@H](C)[C@@H](CO)N1Cc2cccc([N+](=O)[O-])c2N[C@@H](Cc2ccc(OC(C)(C)C)cc2)C1=O. The second-order valence-electron chi connectivity index (χ2n) is 9.93. The smallest absolute Gasteiger partial charge is 0.292 e. The molecule has 34 heavy (non-hydrogen) atoms. The van der Waals surface area contributed by atoms with Crippen LogP contribution in [0.5, 0.6) is 5.75 Å². The van der Waals surface area contributed by atoms with Crippen LogP contribution in [0, 0.1) is 16.0 Å². The van der Waals surface area contributed by atoms with E-state index in [0.29, 0.717) is 17.7 Å². The van der Waals surface area contributed by atoms with Gasteiger partial charge in [0.25, 0.3) is 5.69 Å². The van der Waals surface area contributed by atoms with E-state index in [1.54, 1.807) is 17.0 Å². The van der Waals surface area contributed by atoms with Crippen LogP contribution < -0.4 is 10.1 Å². The summed E-state index contributed by atoms with van der Waals surface area (Å²) in [6.45, 7) is 9.98. The maximum Gasteiger partial charge on any atom is 0.292 e. The Balaban J connectivity index is 1.98. The Bertz CT molecular complexity index is 1020. The highest BCUT2D eigenvalue weighted by Crippen LogP contribution is 2.34. The molecule has 1 heterocycles. The number of fused-ring (bicyclic) bond motifs is 1. The summed E-state index contributed by atoms with van der Waals surface area (Å²) < 4.78 is 5.88. The number of ether oxygens (including phenoxy) is 1. The third-order valence-corrected chi connectivity index (χ3v) is 6.24. The van der Waals surface area contributed by atoms with Gasteiger partial charge in [0.05, 0.1) is 17.6 Å². The van der Waals surface area contributed by atoms with Gasteiger partial charge < -0.3 is 20.1 Å². The largest absolute Gasteiger partial charge is 0.488 e. The fraction of sp³-hybridized carbons (Fsp3) is 0.500. The Morgan fingerprint density at radius 2 is 1.91 bits per heavy atom. The zero-order valence-electron chi connectivity index (χ0n) is 20.6. The van der Waals surface area contributed by atoms with Crippen LogP contribution in [0.4, 0.5) is 11.4 Å². The molecule has 0 saturated heterocycles. The molecule has 8 heteroatoms. The second kappa shape index (κ2) is 10.4. The van der Waals surface area contributed by atoms with Gasteiger partial charge in [0.1, 0.15) is 23.1 Å². The maximum absolute atomic E-state index is 13.7. The van der Waals surface area contributed by atoms with Crippen molar-refractivity contribution in [3.63, 3.8) is 0 Å².